The van der Waals surface area contributed by atoms with Crippen molar-refractivity contribution in [2.75, 3.05) is 7.11 Å². The number of carbonyl (C=O) groups excluding carboxylic acids is 1. The van der Waals surface area contributed by atoms with Crippen LogP contribution in [0.5, 0.6) is 5.75 Å². The van der Waals surface area contributed by atoms with Gasteiger partial charge in [-0.1, -0.05) is 29.8 Å². The van der Waals surface area contributed by atoms with Gasteiger partial charge < -0.3 is 4.74 Å². The van der Waals surface area contributed by atoms with E-state index in [2.05, 4.69) is 0 Å². The number of benzene rings is 1. The minimum absolute atomic E-state index is 0.509. The Morgan fingerprint density at radius 3 is 2.69 bits per heavy atom. The maximum atomic E-state index is 10.4. The zero-order chi connectivity index (χ0) is 12.0. The fraction of sp³-hybridized carbons (Fsp3) is 0.0833. The summed E-state index contributed by atoms with van der Waals surface area (Å²) in [5.41, 5.74) is 0.842. The number of hydrogen-bond donors (Lipinski definition) is 0. The third kappa shape index (κ3) is 4.09. The summed E-state index contributed by atoms with van der Waals surface area (Å²) in [6.45, 7) is 0. The lowest BCUT2D eigenvalue weighted by Gasteiger charge is -2.02. The number of ether oxygens (including phenoxy) is 1. The molecule has 0 atom stereocenters. The van der Waals surface area contributed by atoms with Crippen molar-refractivity contribution in [1.29, 1.82) is 0 Å². The Bertz CT molecular complexity index is 437. The van der Waals surface area contributed by atoms with Gasteiger partial charge in [0.25, 0.3) is 0 Å². The SMILES string of the molecule is COc1ccc(C=CC=CC(=O)Cl)c(Cl)c1. The monoisotopic (exact) mass is 256 g/mol. The van der Waals surface area contributed by atoms with E-state index in [0.717, 1.165) is 5.56 Å². The molecule has 0 saturated heterocycles. The van der Waals surface area contributed by atoms with Crippen LogP contribution in [0.25, 0.3) is 6.08 Å². The number of allylic oxidation sites excluding steroid dienone is 3. The normalized spacial score (nSPS) is 11.2. The van der Waals surface area contributed by atoms with Gasteiger partial charge in [-0.2, -0.15) is 0 Å². The number of rotatable bonds is 4. The van der Waals surface area contributed by atoms with Crippen molar-refractivity contribution in [3.63, 3.8) is 0 Å². The molecular formula is C12H10Cl2O2. The zero-order valence-electron chi connectivity index (χ0n) is 8.61. The van der Waals surface area contributed by atoms with Gasteiger partial charge in [0.15, 0.2) is 0 Å². The van der Waals surface area contributed by atoms with Crippen LogP contribution in [-0.2, 0) is 4.79 Å². The second kappa shape index (κ2) is 6.36. The quantitative estimate of drug-likeness (QED) is 0.467. The highest BCUT2D eigenvalue weighted by molar-refractivity contribution is 6.66. The molecule has 0 amide bonds. The Hall–Kier alpha value is -1.25. The molecule has 1 aromatic rings. The number of carbonyl (C=O) groups is 1. The Morgan fingerprint density at radius 1 is 1.38 bits per heavy atom. The molecule has 0 saturated carbocycles. The summed E-state index contributed by atoms with van der Waals surface area (Å²) in [7, 11) is 1.58. The molecule has 16 heavy (non-hydrogen) atoms. The highest BCUT2D eigenvalue weighted by Crippen LogP contribution is 2.23. The summed E-state index contributed by atoms with van der Waals surface area (Å²) < 4.78 is 5.02. The second-order valence-corrected chi connectivity index (χ2v) is 3.69. The summed E-state index contributed by atoms with van der Waals surface area (Å²) in [5, 5.41) is 0.0756. The molecule has 0 N–H and O–H groups in total. The van der Waals surface area contributed by atoms with Crippen LogP contribution in [0.1, 0.15) is 5.56 Å². The Kier molecular flexibility index (Phi) is 5.09. The minimum Gasteiger partial charge on any atom is -0.497 e. The van der Waals surface area contributed by atoms with Crippen LogP contribution in [-0.4, -0.2) is 12.4 Å². The van der Waals surface area contributed by atoms with Crippen molar-refractivity contribution in [1.82, 2.24) is 0 Å². The Balaban J connectivity index is 2.78. The molecule has 0 radical (unpaired) electrons. The number of halogens is 2. The summed E-state index contributed by atoms with van der Waals surface area (Å²) in [6.07, 6.45) is 6.28. The standard InChI is InChI=1S/C12H10Cl2O2/c1-16-10-7-6-9(11(13)8-10)4-2-3-5-12(14)15/h2-8H,1H3. The lowest BCUT2D eigenvalue weighted by atomic mass is 10.2. The van der Waals surface area contributed by atoms with Crippen LogP contribution in [0.15, 0.2) is 36.4 Å². The molecule has 4 heteroatoms. The molecule has 1 aromatic carbocycles. The molecule has 1 rings (SSSR count). The third-order valence-corrected chi connectivity index (χ3v) is 2.28. The predicted molar refractivity (Wildman–Crippen MR) is 67.0 cm³/mol. The van der Waals surface area contributed by atoms with Crippen LogP contribution in [0, 0.1) is 0 Å². The van der Waals surface area contributed by atoms with Crippen LogP contribution in [0.2, 0.25) is 5.02 Å². The van der Waals surface area contributed by atoms with Gasteiger partial charge in [0, 0.05) is 0 Å². The lowest BCUT2D eigenvalue weighted by molar-refractivity contribution is -0.107. The first kappa shape index (κ1) is 12.8. The first-order chi connectivity index (χ1) is 7.63. The van der Waals surface area contributed by atoms with E-state index in [1.165, 1.54) is 6.08 Å². The van der Waals surface area contributed by atoms with E-state index in [1.807, 2.05) is 12.1 Å². The van der Waals surface area contributed by atoms with Gasteiger partial charge in [0.1, 0.15) is 5.75 Å². The first-order valence-corrected chi connectivity index (χ1v) is 5.27. The van der Waals surface area contributed by atoms with Crippen LogP contribution in [0.4, 0.5) is 0 Å². The van der Waals surface area contributed by atoms with Crippen LogP contribution < -0.4 is 4.74 Å². The van der Waals surface area contributed by atoms with Gasteiger partial charge in [-0.25, -0.2) is 0 Å². The maximum Gasteiger partial charge on any atom is 0.245 e. The average Bonchev–Trinajstić information content (AvgIpc) is 2.25. The molecule has 0 aliphatic carbocycles. The molecule has 0 aliphatic rings. The van der Waals surface area contributed by atoms with E-state index in [0.29, 0.717) is 10.8 Å². The van der Waals surface area contributed by atoms with Crippen molar-refractivity contribution in [2.24, 2.45) is 0 Å². The summed E-state index contributed by atoms with van der Waals surface area (Å²) in [4.78, 5) is 10.4. The topological polar surface area (TPSA) is 26.3 Å². The maximum absolute atomic E-state index is 10.4. The van der Waals surface area contributed by atoms with Gasteiger partial charge in [-0.05, 0) is 41.4 Å². The molecule has 0 heterocycles. The van der Waals surface area contributed by atoms with Crippen molar-refractivity contribution < 1.29 is 9.53 Å². The molecule has 0 aromatic heterocycles. The van der Waals surface area contributed by atoms with Crippen LogP contribution >= 0.6 is 23.2 Å². The fourth-order valence-electron chi connectivity index (χ4n) is 1.06. The van der Waals surface area contributed by atoms with Crippen molar-refractivity contribution in [3.05, 3.63) is 47.0 Å². The minimum atomic E-state index is -0.509. The number of hydrogen-bond acceptors (Lipinski definition) is 2. The molecule has 0 fully saturated rings. The fourth-order valence-corrected chi connectivity index (χ4v) is 1.37. The molecule has 0 bridgehead atoms. The van der Waals surface area contributed by atoms with Crippen molar-refractivity contribution >= 4 is 34.5 Å². The van der Waals surface area contributed by atoms with Crippen LogP contribution in [0.3, 0.4) is 0 Å². The summed E-state index contributed by atoms with van der Waals surface area (Å²) in [6, 6.07) is 5.35. The molecule has 0 spiro atoms. The highest BCUT2D eigenvalue weighted by Gasteiger charge is 1.97. The zero-order valence-corrected chi connectivity index (χ0v) is 10.1. The van der Waals surface area contributed by atoms with Crippen molar-refractivity contribution in [2.45, 2.75) is 0 Å². The van der Waals surface area contributed by atoms with E-state index < -0.39 is 5.24 Å². The Morgan fingerprint density at radius 2 is 2.12 bits per heavy atom. The third-order valence-electron chi connectivity index (χ3n) is 1.82. The van der Waals surface area contributed by atoms with Gasteiger partial charge in [0.05, 0.1) is 12.1 Å². The molecule has 84 valence electrons. The lowest BCUT2D eigenvalue weighted by Crippen LogP contribution is -1.83. The largest absolute Gasteiger partial charge is 0.497 e. The van der Waals surface area contributed by atoms with E-state index in [-0.39, 0.29) is 0 Å². The summed E-state index contributed by atoms with van der Waals surface area (Å²) in [5.74, 6) is 0.702. The predicted octanol–water partition coefficient (Wildman–Crippen LogP) is 3.68. The van der Waals surface area contributed by atoms with Gasteiger partial charge in [0.2, 0.25) is 5.24 Å². The van der Waals surface area contributed by atoms with Gasteiger partial charge in [-0.15, -0.1) is 0 Å². The molecule has 0 aliphatic heterocycles. The number of methoxy groups -OCH3 is 1. The molecule has 0 unspecified atom stereocenters. The van der Waals surface area contributed by atoms with E-state index in [1.54, 1.807) is 31.4 Å². The Labute approximate surface area is 104 Å². The van der Waals surface area contributed by atoms with E-state index in [4.69, 9.17) is 27.9 Å². The smallest absolute Gasteiger partial charge is 0.245 e. The second-order valence-electron chi connectivity index (χ2n) is 2.91. The highest BCUT2D eigenvalue weighted by atomic mass is 35.5. The molecule has 2 nitrogen and oxygen atoms in total. The van der Waals surface area contributed by atoms with Gasteiger partial charge >= 0.3 is 0 Å². The van der Waals surface area contributed by atoms with E-state index in [9.17, 15) is 4.79 Å². The van der Waals surface area contributed by atoms with Crippen molar-refractivity contribution in [3.8, 4) is 5.75 Å². The first-order valence-electron chi connectivity index (χ1n) is 4.51. The average molecular weight is 257 g/mol. The summed E-state index contributed by atoms with van der Waals surface area (Å²) >= 11 is 11.1. The van der Waals surface area contributed by atoms with E-state index >= 15 is 0 Å². The molecular weight excluding hydrogens is 247 g/mol. The van der Waals surface area contributed by atoms with Gasteiger partial charge in [-0.3, -0.25) is 4.79 Å².